The van der Waals surface area contributed by atoms with Gasteiger partial charge in [-0.25, -0.2) is 0 Å². The highest BCUT2D eigenvalue weighted by molar-refractivity contribution is 9.10. The van der Waals surface area contributed by atoms with Crippen LogP contribution in [0.5, 0.6) is 0 Å². The summed E-state index contributed by atoms with van der Waals surface area (Å²) in [6, 6.07) is 3.54. The number of fused-ring (bicyclic) bond motifs is 1. The van der Waals surface area contributed by atoms with Crippen LogP contribution in [0.1, 0.15) is 10.5 Å². The number of ether oxygens (including phenoxy) is 1. The number of pyridine rings is 1. The van der Waals surface area contributed by atoms with Crippen LogP contribution >= 0.6 is 15.9 Å². The lowest BCUT2D eigenvalue weighted by Crippen LogP contribution is -2.28. The van der Waals surface area contributed by atoms with Gasteiger partial charge in [0, 0.05) is 17.2 Å². The molecule has 0 spiro atoms. The Labute approximate surface area is 95.4 Å². The van der Waals surface area contributed by atoms with E-state index in [4.69, 9.17) is 4.74 Å². The van der Waals surface area contributed by atoms with Crippen molar-refractivity contribution in [1.82, 2.24) is 9.88 Å². The van der Waals surface area contributed by atoms with Crippen molar-refractivity contribution >= 4 is 21.7 Å². The normalized spacial score (nSPS) is 32.5. The van der Waals surface area contributed by atoms with E-state index in [9.17, 15) is 4.79 Å². The van der Waals surface area contributed by atoms with Gasteiger partial charge in [-0.15, -0.1) is 0 Å². The van der Waals surface area contributed by atoms with E-state index >= 15 is 0 Å². The van der Waals surface area contributed by atoms with Gasteiger partial charge in [0.2, 0.25) is 11.5 Å². The fraction of sp³-hybridized carbons (Fsp3) is 0.400. The second-order valence-corrected chi connectivity index (χ2v) is 4.66. The number of morpholine rings is 1. The van der Waals surface area contributed by atoms with Crippen LogP contribution in [0.2, 0.25) is 0 Å². The standard InChI is InChI=1S/C10H9BrN2O2/c11-7-1-2-8(12-5-7)9(14)10-6-13(10)3-4-15-10/h1-2,5H,3-4,6H2. The predicted molar refractivity (Wildman–Crippen MR) is 56.5 cm³/mol. The van der Waals surface area contributed by atoms with E-state index in [-0.39, 0.29) is 5.78 Å². The third-order valence-corrected chi connectivity index (χ3v) is 3.30. The van der Waals surface area contributed by atoms with Crippen LogP contribution in [0.3, 0.4) is 0 Å². The first kappa shape index (κ1) is 9.45. The van der Waals surface area contributed by atoms with Crippen LogP contribution in [-0.4, -0.2) is 41.1 Å². The molecule has 1 aromatic rings. The number of carbonyl (C=O) groups excluding carboxylic acids is 1. The van der Waals surface area contributed by atoms with Crippen LogP contribution in [0, 0.1) is 0 Å². The number of nitrogens with zero attached hydrogens (tertiary/aromatic N) is 2. The average Bonchev–Trinajstić information content (AvgIpc) is 2.82. The number of hydrogen-bond acceptors (Lipinski definition) is 4. The van der Waals surface area contributed by atoms with E-state index in [1.807, 2.05) is 11.0 Å². The third kappa shape index (κ3) is 1.34. The summed E-state index contributed by atoms with van der Waals surface area (Å²) in [5.74, 6) is -0.0208. The second-order valence-electron chi connectivity index (χ2n) is 3.75. The molecule has 0 saturated carbocycles. The lowest BCUT2D eigenvalue weighted by atomic mass is 10.1. The van der Waals surface area contributed by atoms with Gasteiger partial charge in [0.15, 0.2) is 0 Å². The fourth-order valence-electron chi connectivity index (χ4n) is 1.94. The van der Waals surface area contributed by atoms with Crippen molar-refractivity contribution in [2.24, 2.45) is 0 Å². The summed E-state index contributed by atoms with van der Waals surface area (Å²) in [7, 11) is 0. The Morgan fingerprint density at radius 3 is 3.00 bits per heavy atom. The van der Waals surface area contributed by atoms with E-state index in [1.54, 1.807) is 12.3 Å². The summed E-state index contributed by atoms with van der Waals surface area (Å²) in [6.45, 7) is 2.20. The molecular formula is C10H9BrN2O2. The molecule has 2 aliphatic heterocycles. The maximum atomic E-state index is 12.1. The van der Waals surface area contributed by atoms with Crippen LogP contribution in [0.15, 0.2) is 22.8 Å². The highest BCUT2D eigenvalue weighted by Crippen LogP contribution is 2.40. The van der Waals surface area contributed by atoms with Crippen LogP contribution in [-0.2, 0) is 4.74 Å². The van der Waals surface area contributed by atoms with Crippen molar-refractivity contribution in [1.29, 1.82) is 0 Å². The number of ketones is 1. The lowest BCUT2D eigenvalue weighted by molar-refractivity contribution is 0.0428. The lowest BCUT2D eigenvalue weighted by Gasteiger charge is -2.08. The molecule has 3 rings (SSSR count). The van der Waals surface area contributed by atoms with Crippen molar-refractivity contribution in [2.75, 3.05) is 19.7 Å². The summed E-state index contributed by atoms with van der Waals surface area (Å²) in [4.78, 5) is 18.2. The minimum atomic E-state index is -0.666. The quantitative estimate of drug-likeness (QED) is 0.595. The third-order valence-electron chi connectivity index (χ3n) is 2.83. The summed E-state index contributed by atoms with van der Waals surface area (Å²) in [5, 5.41) is 0. The first-order valence-electron chi connectivity index (χ1n) is 4.78. The molecule has 15 heavy (non-hydrogen) atoms. The zero-order valence-electron chi connectivity index (χ0n) is 7.94. The SMILES string of the molecule is O=C(c1ccc(Br)cn1)C12CN1CCO2. The molecule has 5 heteroatoms. The minimum absolute atomic E-state index is 0.0208. The van der Waals surface area contributed by atoms with Gasteiger partial charge in [-0.05, 0) is 28.1 Å². The molecule has 2 fully saturated rings. The summed E-state index contributed by atoms with van der Waals surface area (Å²) >= 11 is 3.29. The Hall–Kier alpha value is -0.780. The van der Waals surface area contributed by atoms with E-state index in [1.165, 1.54) is 0 Å². The molecule has 2 atom stereocenters. The molecule has 0 aliphatic carbocycles. The van der Waals surface area contributed by atoms with Crippen molar-refractivity contribution in [3.05, 3.63) is 28.5 Å². The molecular weight excluding hydrogens is 260 g/mol. The van der Waals surface area contributed by atoms with E-state index < -0.39 is 5.72 Å². The highest BCUT2D eigenvalue weighted by Gasteiger charge is 2.63. The number of halogens is 1. The maximum Gasteiger partial charge on any atom is 0.229 e. The first-order chi connectivity index (χ1) is 7.22. The average molecular weight is 269 g/mol. The highest BCUT2D eigenvalue weighted by atomic mass is 79.9. The van der Waals surface area contributed by atoms with E-state index in [2.05, 4.69) is 20.9 Å². The van der Waals surface area contributed by atoms with Gasteiger partial charge in [0.25, 0.3) is 0 Å². The van der Waals surface area contributed by atoms with Crippen LogP contribution in [0.4, 0.5) is 0 Å². The Kier molecular flexibility index (Phi) is 1.95. The summed E-state index contributed by atoms with van der Waals surface area (Å²) < 4.78 is 6.36. The largest absolute Gasteiger partial charge is 0.350 e. The van der Waals surface area contributed by atoms with Crippen molar-refractivity contribution in [2.45, 2.75) is 5.72 Å². The van der Waals surface area contributed by atoms with E-state index in [0.717, 1.165) is 11.0 Å². The topological polar surface area (TPSA) is 42.2 Å². The molecule has 2 unspecified atom stereocenters. The molecule has 2 aliphatic rings. The number of Topliss-reactive ketones (excluding diaryl/α,β-unsaturated/α-hetero) is 1. The van der Waals surface area contributed by atoms with Gasteiger partial charge in [-0.3, -0.25) is 14.7 Å². The van der Waals surface area contributed by atoms with Crippen molar-refractivity contribution in [3.8, 4) is 0 Å². The zero-order chi connectivity index (χ0) is 10.5. The van der Waals surface area contributed by atoms with Crippen LogP contribution < -0.4 is 0 Å². The molecule has 78 valence electrons. The fourth-order valence-corrected chi connectivity index (χ4v) is 2.17. The van der Waals surface area contributed by atoms with Gasteiger partial charge < -0.3 is 4.74 Å². The Morgan fingerprint density at radius 1 is 1.60 bits per heavy atom. The molecule has 0 amide bonds. The van der Waals surface area contributed by atoms with Gasteiger partial charge in [0.1, 0.15) is 5.69 Å². The van der Waals surface area contributed by atoms with Gasteiger partial charge in [-0.1, -0.05) is 0 Å². The molecule has 2 saturated heterocycles. The second kappa shape index (κ2) is 3.10. The van der Waals surface area contributed by atoms with Gasteiger partial charge in [0.05, 0.1) is 13.2 Å². The van der Waals surface area contributed by atoms with Gasteiger partial charge >= 0.3 is 0 Å². The summed E-state index contributed by atoms with van der Waals surface area (Å²) in [5.41, 5.74) is -0.191. The maximum absolute atomic E-state index is 12.1. The van der Waals surface area contributed by atoms with Crippen molar-refractivity contribution < 1.29 is 9.53 Å². The molecule has 4 nitrogen and oxygen atoms in total. The van der Waals surface area contributed by atoms with Crippen molar-refractivity contribution in [3.63, 3.8) is 0 Å². The summed E-state index contributed by atoms with van der Waals surface area (Å²) in [6.07, 6.45) is 1.63. The predicted octanol–water partition coefficient (Wildman–Crippen LogP) is 1.07. The Bertz CT molecular complexity index is 420. The monoisotopic (exact) mass is 268 g/mol. The van der Waals surface area contributed by atoms with Gasteiger partial charge in [-0.2, -0.15) is 0 Å². The molecule has 1 aromatic heterocycles. The molecule has 0 bridgehead atoms. The smallest absolute Gasteiger partial charge is 0.229 e. The minimum Gasteiger partial charge on any atom is -0.350 e. The zero-order valence-corrected chi connectivity index (χ0v) is 9.53. The number of carbonyl (C=O) groups is 1. The molecule has 0 aromatic carbocycles. The van der Waals surface area contributed by atoms with E-state index in [0.29, 0.717) is 18.8 Å². The molecule has 0 N–H and O–H groups in total. The molecule has 0 radical (unpaired) electrons. The number of aromatic nitrogens is 1. The number of rotatable bonds is 2. The Balaban J connectivity index is 1.89. The molecule has 3 heterocycles. The first-order valence-corrected chi connectivity index (χ1v) is 5.57. The Morgan fingerprint density at radius 2 is 2.47 bits per heavy atom. The van der Waals surface area contributed by atoms with Crippen LogP contribution in [0.25, 0.3) is 0 Å². The number of hydrogen-bond donors (Lipinski definition) is 0.